The van der Waals surface area contributed by atoms with Gasteiger partial charge in [0.05, 0.1) is 0 Å². The first-order valence-corrected chi connectivity index (χ1v) is 4.69. The van der Waals surface area contributed by atoms with Crippen molar-refractivity contribution in [1.82, 2.24) is 5.32 Å². The summed E-state index contributed by atoms with van der Waals surface area (Å²) < 4.78 is 0. The highest BCUT2D eigenvalue weighted by Crippen LogP contribution is 2.17. The Hall–Kier alpha value is -0.0800. The summed E-state index contributed by atoms with van der Waals surface area (Å²) in [7, 11) is 0. The van der Waals surface area contributed by atoms with E-state index in [-0.39, 0.29) is 11.1 Å². The van der Waals surface area contributed by atoms with E-state index in [1.54, 1.807) is 0 Å². The molecule has 0 bridgehead atoms. The Labute approximate surface area is 76.9 Å². The summed E-state index contributed by atoms with van der Waals surface area (Å²) in [6, 6.07) is 0.516. The molecule has 0 atom stereocenters. The van der Waals surface area contributed by atoms with Gasteiger partial charge in [-0.05, 0) is 34.1 Å². The molecule has 0 rings (SSSR count). The Bertz CT molecular complexity index is 131. The largest absolute Gasteiger partial charge is 0.325 e. The molecule has 0 aliphatic rings. The SMILES string of the molecule is CC(C)NC(C)(C)CC(C)(C)N. The first-order chi connectivity index (χ1) is 5.12. The normalized spacial score (nSPS) is 14.0. The van der Waals surface area contributed by atoms with Crippen molar-refractivity contribution in [3.63, 3.8) is 0 Å². The molecule has 0 saturated heterocycles. The zero-order valence-corrected chi connectivity index (χ0v) is 9.36. The summed E-state index contributed by atoms with van der Waals surface area (Å²) in [6.45, 7) is 12.8. The maximum atomic E-state index is 5.96. The Balaban J connectivity index is 4.04. The van der Waals surface area contributed by atoms with Gasteiger partial charge in [0.25, 0.3) is 0 Å². The van der Waals surface area contributed by atoms with Gasteiger partial charge in [-0.15, -0.1) is 0 Å². The molecule has 2 nitrogen and oxygen atoms in total. The molecule has 0 aliphatic heterocycles. The van der Waals surface area contributed by atoms with Crippen molar-refractivity contribution in [2.24, 2.45) is 5.73 Å². The quantitative estimate of drug-likeness (QED) is 0.679. The van der Waals surface area contributed by atoms with Crippen LogP contribution in [0.1, 0.15) is 48.0 Å². The van der Waals surface area contributed by atoms with Crippen LogP contribution in [-0.2, 0) is 0 Å². The average Bonchev–Trinajstić information content (AvgIpc) is 1.48. The van der Waals surface area contributed by atoms with E-state index in [9.17, 15) is 0 Å². The van der Waals surface area contributed by atoms with Crippen molar-refractivity contribution < 1.29 is 0 Å². The van der Waals surface area contributed by atoms with Crippen LogP contribution in [-0.4, -0.2) is 17.1 Å². The Morgan fingerprint density at radius 2 is 1.58 bits per heavy atom. The second-order valence-corrected chi connectivity index (χ2v) is 5.35. The number of hydrogen-bond donors (Lipinski definition) is 2. The summed E-state index contributed by atoms with van der Waals surface area (Å²) in [5, 5.41) is 3.50. The van der Waals surface area contributed by atoms with Gasteiger partial charge in [0.15, 0.2) is 0 Å². The molecule has 12 heavy (non-hydrogen) atoms. The molecule has 0 aliphatic carbocycles. The van der Waals surface area contributed by atoms with Gasteiger partial charge in [-0.2, -0.15) is 0 Å². The predicted molar refractivity (Wildman–Crippen MR) is 55.2 cm³/mol. The number of hydrogen-bond acceptors (Lipinski definition) is 2. The van der Waals surface area contributed by atoms with Gasteiger partial charge in [0.2, 0.25) is 0 Å². The van der Waals surface area contributed by atoms with Gasteiger partial charge < -0.3 is 11.1 Å². The van der Waals surface area contributed by atoms with Gasteiger partial charge in [-0.25, -0.2) is 0 Å². The summed E-state index contributed by atoms with van der Waals surface area (Å²) in [5.74, 6) is 0. The molecule has 0 fully saturated rings. The number of rotatable bonds is 4. The van der Waals surface area contributed by atoms with E-state index in [4.69, 9.17) is 5.73 Å². The minimum absolute atomic E-state index is 0.0919. The van der Waals surface area contributed by atoms with Crippen molar-refractivity contribution in [3.8, 4) is 0 Å². The molecule has 0 spiro atoms. The highest BCUT2D eigenvalue weighted by atomic mass is 15.0. The fourth-order valence-corrected chi connectivity index (χ4v) is 1.97. The second kappa shape index (κ2) is 3.75. The van der Waals surface area contributed by atoms with Gasteiger partial charge in [-0.1, -0.05) is 13.8 Å². The Kier molecular flexibility index (Phi) is 3.73. The van der Waals surface area contributed by atoms with Gasteiger partial charge in [-0.3, -0.25) is 0 Å². The van der Waals surface area contributed by atoms with E-state index in [1.807, 2.05) is 0 Å². The third kappa shape index (κ3) is 6.62. The molecule has 2 heteroatoms. The summed E-state index contributed by atoms with van der Waals surface area (Å²) in [4.78, 5) is 0. The van der Waals surface area contributed by atoms with E-state index in [0.717, 1.165) is 6.42 Å². The molecule has 0 aromatic carbocycles. The lowest BCUT2D eigenvalue weighted by Gasteiger charge is -2.34. The fraction of sp³-hybridized carbons (Fsp3) is 1.00. The Morgan fingerprint density at radius 3 is 1.83 bits per heavy atom. The smallest absolute Gasteiger partial charge is 0.0144 e. The molecule has 0 radical (unpaired) electrons. The zero-order valence-electron chi connectivity index (χ0n) is 9.36. The fourth-order valence-electron chi connectivity index (χ4n) is 1.97. The summed E-state index contributed by atoms with van der Waals surface area (Å²) in [6.07, 6.45) is 0.984. The highest BCUT2D eigenvalue weighted by molar-refractivity contribution is 4.88. The monoisotopic (exact) mass is 172 g/mol. The summed E-state index contributed by atoms with van der Waals surface area (Å²) in [5.41, 5.74) is 6.00. The van der Waals surface area contributed by atoms with Crippen LogP contribution in [0.4, 0.5) is 0 Å². The van der Waals surface area contributed by atoms with Crippen molar-refractivity contribution in [2.45, 2.75) is 65.1 Å². The van der Waals surface area contributed by atoms with Crippen LogP contribution in [0.3, 0.4) is 0 Å². The maximum Gasteiger partial charge on any atom is 0.0144 e. The molecule has 0 aromatic rings. The lowest BCUT2D eigenvalue weighted by atomic mass is 9.87. The van der Waals surface area contributed by atoms with Crippen LogP contribution in [0.15, 0.2) is 0 Å². The minimum atomic E-state index is -0.0919. The van der Waals surface area contributed by atoms with E-state index in [2.05, 4.69) is 46.9 Å². The third-order valence-electron chi connectivity index (χ3n) is 1.58. The standard InChI is InChI=1S/C10H24N2/c1-8(2)12-10(5,6)7-9(3,4)11/h8,12H,7,11H2,1-6H3. The van der Waals surface area contributed by atoms with Crippen LogP contribution in [0.25, 0.3) is 0 Å². The van der Waals surface area contributed by atoms with Gasteiger partial charge >= 0.3 is 0 Å². The van der Waals surface area contributed by atoms with Crippen LogP contribution in [0.2, 0.25) is 0 Å². The van der Waals surface area contributed by atoms with Crippen molar-refractivity contribution >= 4 is 0 Å². The predicted octanol–water partition coefficient (Wildman–Crippen LogP) is 1.89. The number of nitrogens with two attached hydrogens (primary N) is 1. The lowest BCUT2D eigenvalue weighted by molar-refractivity contribution is 0.272. The summed E-state index contributed by atoms with van der Waals surface area (Å²) >= 11 is 0. The average molecular weight is 172 g/mol. The lowest BCUT2D eigenvalue weighted by Crippen LogP contribution is -2.50. The second-order valence-electron chi connectivity index (χ2n) is 5.35. The third-order valence-corrected chi connectivity index (χ3v) is 1.58. The van der Waals surface area contributed by atoms with Crippen molar-refractivity contribution in [2.75, 3.05) is 0 Å². The van der Waals surface area contributed by atoms with E-state index < -0.39 is 0 Å². The molecule has 0 amide bonds. The van der Waals surface area contributed by atoms with Crippen LogP contribution in [0, 0.1) is 0 Å². The van der Waals surface area contributed by atoms with E-state index >= 15 is 0 Å². The first kappa shape index (κ1) is 11.9. The molecule has 0 heterocycles. The van der Waals surface area contributed by atoms with Crippen LogP contribution >= 0.6 is 0 Å². The zero-order chi connectivity index (χ0) is 9.99. The number of nitrogens with one attached hydrogen (secondary N) is 1. The topological polar surface area (TPSA) is 38.0 Å². The molecule has 74 valence electrons. The minimum Gasteiger partial charge on any atom is -0.325 e. The molecule has 0 unspecified atom stereocenters. The van der Waals surface area contributed by atoms with E-state index in [0.29, 0.717) is 6.04 Å². The molecular formula is C10H24N2. The van der Waals surface area contributed by atoms with Crippen LogP contribution < -0.4 is 11.1 Å². The van der Waals surface area contributed by atoms with Crippen molar-refractivity contribution in [1.29, 1.82) is 0 Å². The molecular weight excluding hydrogens is 148 g/mol. The Morgan fingerprint density at radius 1 is 1.17 bits per heavy atom. The molecule has 0 aromatic heterocycles. The van der Waals surface area contributed by atoms with Gasteiger partial charge in [0.1, 0.15) is 0 Å². The highest BCUT2D eigenvalue weighted by Gasteiger charge is 2.25. The van der Waals surface area contributed by atoms with Crippen molar-refractivity contribution in [3.05, 3.63) is 0 Å². The molecule has 3 N–H and O–H groups in total. The maximum absolute atomic E-state index is 5.96. The van der Waals surface area contributed by atoms with E-state index in [1.165, 1.54) is 0 Å². The van der Waals surface area contributed by atoms with Gasteiger partial charge in [0, 0.05) is 17.1 Å². The molecule has 0 saturated carbocycles. The van der Waals surface area contributed by atoms with Crippen LogP contribution in [0.5, 0.6) is 0 Å². The first-order valence-electron chi connectivity index (χ1n) is 4.69.